The number of carbonyl (C=O) groups excluding carboxylic acids is 1. The molecule has 0 aromatic heterocycles. The Morgan fingerprint density at radius 2 is 1.88 bits per heavy atom. The molecule has 0 radical (unpaired) electrons. The zero-order valence-electron chi connectivity index (χ0n) is 14.7. The maximum Gasteiger partial charge on any atom is 0.248 e. The molecule has 0 spiro atoms. The third-order valence-electron chi connectivity index (χ3n) is 5.10. The highest BCUT2D eigenvalue weighted by molar-refractivity contribution is 5.77. The van der Waals surface area contributed by atoms with Crippen molar-refractivity contribution in [2.24, 2.45) is 11.8 Å². The lowest BCUT2D eigenvalue weighted by Gasteiger charge is -2.30. The molecule has 0 saturated carbocycles. The minimum absolute atomic E-state index is 0.0128. The van der Waals surface area contributed by atoms with Crippen molar-refractivity contribution in [3.8, 4) is 0 Å². The summed E-state index contributed by atoms with van der Waals surface area (Å²) in [5, 5.41) is 9.68. The lowest BCUT2D eigenvalue weighted by molar-refractivity contribution is -0.135. The number of ether oxygens (including phenoxy) is 2. The van der Waals surface area contributed by atoms with Crippen LogP contribution in [0.4, 0.5) is 0 Å². The molecule has 25 heavy (non-hydrogen) atoms. The minimum Gasteiger partial charge on any atom is -0.396 e. The molecular formula is C19H28N2O4. The summed E-state index contributed by atoms with van der Waals surface area (Å²) < 4.78 is 11.0. The maximum absolute atomic E-state index is 12.4. The molecule has 138 valence electrons. The average Bonchev–Trinajstić information content (AvgIpc) is 3.06. The van der Waals surface area contributed by atoms with E-state index in [0.29, 0.717) is 25.6 Å². The monoisotopic (exact) mass is 348 g/mol. The van der Waals surface area contributed by atoms with Gasteiger partial charge in [0.25, 0.3) is 0 Å². The van der Waals surface area contributed by atoms with Gasteiger partial charge in [-0.2, -0.15) is 0 Å². The second kappa shape index (κ2) is 9.29. The highest BCUT2D eigenvalue weighted by atomic mass is 16.5. The number of hydrogen-bond donors (Lipinski definition) is 1. The van der Waals surface area contributed by atoms with E-state index < -0.39 is 0 Å². The highest BCUT2D eigenvalue weighted by Crippen LogP contribution is 2.24. The summed E-state index contributed by atoms with van der Waals surface area (Å²) in [7, 11) is 0. The van der Waals surface area contributed by atoms with E-state index in [4.69, 9.17) is 9.47 Å². The van der Waals surface area contributed by atoms with Crippen LogP contribution in [0.15, 0.2) is 30.3 Å². The van der Waals surface area contributed by atoms with Crippen LogP contribution in [0.25, 0.3) is 0 Å². The molecule has 2 saturated heterocycles. The zero-order valence-corrected chi connectivity index (χ0v) is 14.7. The van der Waals surface area contributed by atoms with Gasteiger partial charge in [0.1, 0.15) is 6.61 Å². The standard InChI is InChI=1S/C19H28N2O4/c22-13-18-12-21(11-17(18)10-20-6-8-24-9-7-20)19(23)15-25-14-16-4-2-1-3-5-16/h1-5,17-18,22H,6-15H2/t17-,18-/m1/s1. The molecule has 2 fully saturated rings. The molecule has 6 heteroatoms. The summed E-state index contributed by atoms with van der Waals surface area (Å²) in [6.07, 6.45) is 0. The molecule has 1 N–H and O–H groups in total. The van der Waals surface area contributed by atoms with E-state index in [1.165, 1.54) is 0 Å². The molecule has 3 rings (SSSR count). The van der Waals surface area contributed by atoms with Crippen LogP contribution in [-0.2, 0) is 20.9 Å². The maximum atomic E-state index is 12.4. The number of aliphatic hydroxyl groups excluding tert-OH is 1. The SMILES string of the molecule is O=C(COCc1ccccc1)N1C[C@@H](CN2CCOCC2)[C@@H](CO)C1. The number of morpholine rings is 1. The Morgan fingerprint density at radius 3 is 2.60 bits per heavy atom. The van der Waals surface area contributed by atoms with E-state index in [1.807, 2.05) is 35.2 Å². The first kappa shape index (κ1) is 18.3. The Morgan fingerprint density at radius 1 is 1.16 bits per heavy atom. The van der Waals surface area contributed by atoms with Crippen molar-refractivity contribution in [2.45, 2.75) is 6.61 Å². The largest absolute Gasteiger partial charge is 0.396 e. The fraction of sp³-hybridized carbons (Fsp3) is 0.632. The predicted octanol–water partition coefficient (Wildman–Crippen LogP) is 0.602. The Balaban J connectivity index is 1.44. The molecule has 0 unspecified atom stereocenters. The number of carbonyl (C=O) groups is 1. The van der Waals surface area contributed by atoms with Gasteiger partial charge in [-0.3, -0.25) is 9.69 Å². The van der Waals surface area contributed by atoms with Crippen LogP contribution in [0.5, 0.6) is 0 Å². The molecule has 2 atom stereocenters. The number of rotatable bonds is 7. The van der Waals surface area contributed by atoms with Crippen molar-refractivity contribution in [2.75, 3.05) is 59.2 Å². The first-order chi connectivity index (χ1) is 12.3. The summed E-state index contributed by atoms with van der Waals surface area (Å²) in [6.45, 7) is 6.32. The van der Waals surface area contributed by atoms with Gasteiger partial charge < -0.3 is 19.5 Å². The summed E-state index contributed by atoms with van der Waals surface area (Å²) >= 11 is 0. The van der Waals surface area contributed by atoms with E-state index in [2.05, 4.69) is 4.90 Å². The third kappa shape index (κ3) is 5.25. The van der Waals surface area contributed by atoms with Crippen LogP contribution in [0.1, 0.15) is 5.56 Å². The van der Waals surface area contributed by atoms with Crippen molar-refractivity contribution in [1.82, 2.24) is 9.80 Å². The van der Waals surface area contributed by atoms with Crippen LogP contribution < -0.4 is 0 Å². The fourth-order valence-corrected chi connectivity index (χ4v) is 3.59. The molecule has 2 heterocycles. The van der Waals surface area contributed by atoms with Crippen LogP contribution in [0, 0.1) is 11.8 Å². The topological polar surface area (TPSA) is 62.2 Å². The van der Waals surface area contributed by atoms with Crippen molar-refractivity contribution in [3.63, 3.8) is 0 Å². The Bertz CT molecular complexity index is 533. The van der Waals surface area contributed by atoms with Crippen molar-refractivity contribution in [1.29, 1.82) is 0 Å². The summed E-state index contributed by atoms with van der Waals surface area (Å²) in [4.78, 5) is 16.6. The average molecular weight is 348 g/mol. The molecule has 0 bridgehead atoms. The molecule has 6 nitrogen and oxygen atoms in total. The van der Waals surface area contributed by atoms with E-state index in [9.17, 15) is 9.90 Å². The summed E-state index contributed by atoms with van der Waals surface area (Å²) in [6, 6.07) is 9.86. The van der Waals surface area contributed by atoms with E-state index in [-0.39, 0.29) is 25.0 Å². The molecule has 0 aliphatic carbocycles. The normalized spacial score (nSPS) is 24.6. The highest BCUT2D eigenvalue weighted by Gasteiger charge is 2.35. The van der Waals surface area contributed by atoms with Crippen LogP contribution in [-0.4, -0.2) is 80.0 Å². The first-order valence-electron chi connectivity index (χ1n) is 9.06. The second-order valence-corrected chi connectivity index (χ2v) is 6.89. The Kier molecular flexibility index (Phi) is 6.81. The molecular weight excluding hydrogens is 320 g/mol. The smallest absolute Gasteiger partial charge is 0.248 e. The number of amides is 1. The van der Waals surface area contributed by atoms with Gasteiger partial charge >= 0.3 is 0 Å². The van der Waals surface area contributed by atoms with Crippen LogP contribution in [0.2, 0.25) is 0 Å². The van der Waals surface area contributed by atoms with Gasteiger partial charge in [0.15, 0.2) is 0 Å². The van der Waals surface area contributed by atoms with E-state index in [1.54, 1.807) is 0 Å². The van der Waals surface area contributed by atoms with Gasteiger partial charge in [-0.05, 0) is 11.5 Å². The number of nitrogens with zero attached hydrogens (tertiary/aromatic N) is 2. The fourth-order valence-electron chi connectivity index (χ4n) is 3.59. The summed E-state index contributed by atoms with van der Waals surface area (Å²) in [5.74, 6) is 0.487. The van der Waals surface area contributed by atoms with Gasteiger partial charge in [-0.25, -0.2) is 0 Å². The van der Waals surface area contributed by atoms with Gasteiger partial charge in [-0.15, -0.1) is 0 Å². The molecule has 2 aliphatic heterocycles. The third-order valence-corrected chi connectivity index (χ3v) is 5.10. The minimum atomic E-state index is 0.0128. The van der Waals surface area contributed by atoms with Gasteiger partial charge in [-0.1, -0.05) is 30.3 Å². The van der Waals surface area contributed by atoms with Gasteiger partial charge in [0.2, 0.25) is 5.91 Å². The second-order valence-electron chi connectivity index (χ2n) is 6.89. The van der Waals surface area contributed by atoms with Gasteiger partial charge in [0, 0.05) is 45.2 Å². The molecule has 1 aromatic rings. The van der Waals surface area contributed by atoms with Crippen molar-refractivity contribution >= 4 is 5.91 Å². The van der Waals surface area contributed by atoms with Crippen LogP contribution in [0.3, 0.4) is 0 Å². The molecule has 2 aliphatic rings. The Labute approximate surface area is 149 Å². The van der Waals surface area contributed by atoms with E-state index in [0.717, 1.165) is 38.4 Å². The predicted molar refractivity (Wildman–Crippen MR) is 94.0 cm³/mol. The Hall–Kier alpha value is -1.47. The van der Waals surface area contributed by atoms with Crippen molar-refractivity contribution < 1.29 is 19.4 Å². The van der Waals surface area contributed by atoms with E-state index >= 15 is 0 Å². The molecule has 1 amide bonds. The van der Waals surface area contributed by atoms with Crippen molar-refractivity contribution in [3.05, 3.63) is 35.9 Å². The molecule has 1 aromatic carbocycles. The summed E-state index contributed by atoms with van der Waals surface area (Å²) in [5.41, 5.74) is 1.06. The number of benzene rings is 1. The van der Waals surface area contributed by atoms with Gasteiger partial charge in [0.05, 0.1) is 19.8 Å². The zero-order chi connectivity index (χ0) is 17.5. The quantitative estimate of drug-likeness (QED) is 0.782. The first-order valence-corrected chi connectivity index (χ1v) is 9.06. The lowest BCUT2D eigenvalue weighted by Crippen LogP contribution is -2.41. The number of hydrogen-bond acceptors (Lipinski definition) is 5. The van der Waals surface area contributed by atoms with Crippen LogP contribution >= 0.6 is 0 Å². The number of aliphatic hydroxyl groups is 1. The number of likely N-dealkylation sites (tertiary alicyclic amines) is 1. The lowest BCUT2D eigenvalue weighted by atomic mass is 9.96.